The van der Waals surface area contributed by atoms with Crippen LogP contribution >= 0.6 is 11.3 Å². The Morgan fingerprint density at radius 3 is 2.61 bits per heavy atom. The summed E-state index contributed by atoms with van der Waals surface area (Å²) in [5.41, 5.74) is 4.20. The molecule has 0 amide bonds. The van der Waals surface area contributed by atoms with E-state index in [1.54, 1.807) is 11.3 Å². The zero-order valence-electron chi connectivity index (χ0n) is 12.2. The predicted octanol–water partition coefficient (Wildman–Crippen LogP) is 4.15. The Morgan fingerprint density at radius 1 is 0.957 bits per heavy atom. The molecule has 4 aromatic rings. The monoisotopic (exact) mass is 316 g/mol. The standard InChI is InChI=1S/C19H12N2OS/c22-18-16-15(12-6-2-1-3-7-12)11-23-19(16)21-10-13-8-4-5-9-14(13)17(21)20-18/h1-9,11H,10H2. The Balaban J connectivity index is 1.84. The number of aromatic nitrogens is 2. The van der Waals surface area contributed by atoms with Gasteiger partial charge in [-0.25, -0.2) is 0 Å². The van der Waals surface area contributed by atoms with E-state index in [1.165, 1.54) is 5.56 Å². The second-order valence-corrected chi connectivity index (χ2v) is 6.54. The molecule has 0 saturated carbocycles. The Hall–Kier alpha value is -2.72. The first kappa shape index (κ1) is 12.8. The summed E-state index contributed by atoms with van der Waals surface area (Å²) in [7, 11) is 0. The van der Waals surface area contributed by atoms with Gasteiger partial charge in [0.2, 0.25) is 0 Å². The van der Waals surface area contributed by atoms with Gasteiger partial charge >= 0.3 is 0 Å². The van der Waals surface area contributed by atoms with Gasteiger partial charge in [0, 0.05) is 16.5 Å². The maximum atomic E-state index is 12.7. The molecule has 0 saturated heterocycles. The average Bonchev–Trinajstić information content (AvgIpc) is 3.18. The fraction of sp³-hybridized carbons (Fsp3) is 0.0526. The molecule has 0 fully saturated rings. The van der Waals surface area contributed by atoms with Crippen molar-refractivity contribution >= 4 is 21.6 Å². The quantitative estimate of drug-likeness (QED) is 0.465. The molecule has 0 aliphatic carbocycles. The average molecular weight is 316 g/mol. The van der Waals surface area contributed by atoms with Crippen LogP contribution in [0.25, 0.3) is 32.7 Å². The SMILES string of the molecule is O=c1nc2n(c3scc(-c4ccccc4)c13)Cc1ccccc1-2. The number of nitrogens with zero attached hydrogens (tertiary/aromatic N) is 2. The third-order valence-electron chi connectivity index (χ3n) is 4.37. The lowest BCUT2D eigenvalue weighted by molar-refractivity contribution is 0.860. The van der Waals surface area contributed by atoms with Crippen LogP contribution < -0.4 is 5.56 Å². The van der Waals surface area contributed by atoms with E-state index in [9.17, 15) is 4.79 Å². The summed E-state index contributed by atoms with van der Waals surface area (Å²) >= 11 is 1.62. The number of hydrogen-bond donors (Lipinski definition) is 0. The minimum absolute atomic E-state index is 0.136. The maximum Gasteiger partial charge on any atom is 0.282 e. The minimum atomic E-state index is -0.136. The number of hydrogen-bond acceptors (Lipinski definition) is 3. The van der Waals surface area contributed by atoms with Crippen molar-refractivity contribution in [1.82, 2.24) is 9.55 Å². The molecule has 0 N–H and O–H groups in total. The highest BCUT2D eigenvalue weighted by atomic mass is 32.1. The molecule has 2 aromatic heterocycles. The summed E-state index contributed by atoms with van der Waals surface area (Å²) in [6, 6.07) is 18.2. The van der Waals surface area contributed by atoms with Gasteiger partial charge in [0.15, 0.2) is 0 Å². The topological polar surface area (TPSA) is 34.9 Å². The van der Waals surface area contributed by atoms with Crippen molar-refractivity contribution in [3.05, 3.63) is 75.9 Å². The number of fused-ring (bicyclic) bond motifs is 5. The van der Waals surface area contributed by atoms with Crippen molar-refractivity contribution < 1.29 is 0 Å². The Morgan fingerprint density at radius 2 is 1.74 bits per heavy atom. The number of rotatable bonds is 1. The summed E-state index contributed by atoms with van der Waals surface area (Å²) in [6.07, 6.45) is 0. The molecule has 0 atom stereocenters. The lowest BCUT2D eigenvalue weighted by Crippen LogP contribution is -2.12. The van der Waals surface area contributed by atoms with Crippen molar-refractivity contribution in [2.75, 3.05) is 0 Å². The molecule has 1 aliphatic rings. The van der Waals surface area contributed by atoms with Gasteiger partial charge in [-0.1, -0.05) is 54.6 Å². The second kappa shape index (κ2) is 4.64. The molecule has 1 aliphatic heterocycles. The van der Waals surface area contributed by atoms with Crippen LogP contribution in [0, 0.1) is 0 Å². The van der Waals surface area contributed by atoms with Crippen LogP contribution in [0.2, 0.25) is 0 Å². The molecule has 0 radical (unpaired) electrons. The molecular weight excluding hydrogens is 304 g/mol. The summed E-state index contributed by atoms with van der Waals surface area (Å²) in [6.45, 7) is 0.782. The van der Waals surface area contributed by atoms with Gasteiger partial charge in [0.1, 0.15) is 10.7 Å². The largest absolute Gasteiger partial charge is 0.312 e. The molecule has 5 rings (SSSR count). The van der Waals surface area contributed by atoms with E-state index in [-0.39, 0.29) is 5.56 Å². The van der Waals surface area contributed by atoms with Gasteiger partial charge in [-0.15, -0.1) is 11.3 Å². The van der Waals surface area contributed by atoms with Gasteiger partial charge in [-0.2, -0.15) is 4.98 Å². The van der Waals surface area contributed by atoms with Gasteiger partial charge in [-0.3, -0.25) is 4.79 Å². The molecule has 4 heteroatoms. The van der Waals surface area contributed by atoms with E-state index in [2.05, 4.69) is 21.0 Å². The van der Waals surface area contributed by atoms with Crippen LogP contribution in [0.3, 0.4) is 0 Å². The molecule has 3 nitrogen and oxygen atoms in total. The first-order valence-corrected chi connectivity index (χ1v) is 8.36. The molecule has 0 spiro atoms. The van der Waals surface area contributed by atoms with Gasteiger partial charge in [0.05, 0.1) is 11.9 Å². The first-order chi connectivity index (χ1) is 11.3. The zero-order valence-corrected chi connectivity index (χ0v) is 13.0. The minimum Gasteiger partial charge on any atom is -0.312 e. The molecule has 3 heterocycles. The molecule has 0 bridgehead atoms. The van der Waals surface area contributed by atoms with E-state index < -0.39 is 0 Å². The Kier molecular flexibility index (Phi) is 2.58. The van der Waals surface area contributed by atoms with Crippen molar-refractivity contribution in [2.45, 2.75) is 6.54 Å². The second-order valence-electron chi connectivity index (χ2n) is 5.68. The van der Waals surface area contributed by atoms with Gasteiger partial charge in [-0.05, 0) is 11.1 Å². The van der Waals surface area contributed by atoms with Crippen LogP contribution in [-0.4, -0.2) is 9.55 Å². The lowest BCUT2D eigenvalue weighted by atomic mass is 10.1. The lowest BCUT2D eigenvalue weighted by Gasteiger charge is -2.05. The van der Waals surface area contributed by atoms with E-state index in [1.807, 2.05) is 48.5 Å². The van der Waals surface area contributed by atoms with Crippen molar-refractivity contribution in [2.24, 2.45) is 0 Å². The summed E-state index contributed by atoms with van der Waals surface area (Å²) in [4.78, 5) is 18.1. The van der Waals surface area contributed by atoms with E-state index >= 15 is 0 Å². The van der Waals surface area contributed by atoms with Gasteiger partial charge < -0.3 is 4.57 Å². The highest BCUT2D eigenvalue weighted by Gasteiger charge is 2.24. The van der Waals surface area contributed by atoms with E-state index in [4.69, 9.17) is 0 Å². The van der Waals surface area contributed by atoms with Crippen molar-refractivity contribution in [1.29, 1.82) is 0 Å². The van der Waals surface area contributed by atoms with Crippen LogP contribution in [0.1, 0.15) is 5.56 Å². The zero-order chi connectivity index (χ0) is 15.4. The Bertz CT molecular complexity index is 1110. The first-order valence-electron chi connectivity index (χ1n) is 7.48. The predicted molar refractivity (Wildman–Crippen MR) is 93.9 cm³/mol. The number of benzene rings is 2. The molecular formula is C19H12N2OS. The molecule has 23 heavy (non-hydrogen) atoms. The fourth-order valence-corrected chi connectivity index (χ4v) is 4.37. The van der Waals surface area contributed by atoms with Crippen LogP contribution in [-0.2, 0) is 6.54 Å². The van der Waals surface area contributed by atoms with Crippen LogP contribution in [0.5, 0.6) is 0 Å². The van der Waals surface area contributed by atoms with E-state index in [0.29, 0.717) is 0 Å². The molecule has 110 valence electrons. The maximum absolute atomic E-state index is 12.7. The van der Waals surface area contributed by atoms with E-state index in [0.717, 1.165) is 39.3 Å². The van der Waals surface area contributed by atoms with Crippen molar-refractivity contribution in [3.8, 4) is 22.5 Å². The smallest absolute Gasteiger partial charge is 0.282 e. The highest BCUT2D eigenvalue weighted by Crippen LogP contribution is 2.37. The fourth-order valence-electron chi connectivity index (χ4n) is 3.29. The highest BCUT2D eigenvalue weighted by molar-refractivity contribution is 7.17. The molecule has 0 unspecified atom stereocenters. The van der Waals surface area contributed by atoms with Gasteiger partial charge in [0.25, 0.3) is 5.56 Å². The summed E-state index contributed by atoms with van der Waals surface area (Å²) < 4.78 is 2.17. The Labute approximate surface area is 136 Å². The normalized spacial score (nSPS) is 12.3. The van der Waals surface area contributed by atoms with Crippen LogP contribution in [0.4, 0.5) is 0 Å². The van der Waals surface area contributed by atoms with Crippen LogP contribution in [0.15, 0.2) is 64.8 Å². The molecule has 2 aromatic carbocycles. The third-order valence-corrected chi connectivity index (χ3v) is 5.37. The summed E-state index contributed by atoms with van der Waals surface area (Å²) in [5.74, 6) is 0.791. The van der Waals surface area contributed by atoms with Crippen molar-refractivity contribution in [3.63, 3.8) is 0 Å². The number of thiophene rings is 1. The third kappa shape index (κ3) is 1.75. The summed E-state index contributed by atoms with van der Waals surface area (Å²) in [5, 5.41) is 2.80.